The lowest BCUT2D eigenvalue weighted by molar-refractivity contribution is -0.120. The third-order valence-corrected chi connectivity index (χ3v) is 4.50. The molecule has 1 amide bonds. The van der Waals surface area contributed by atoms with Crippen molar-refractivity contribution in [3.05, 3.63) is 46.2 Å². The normalized spacial score (nSPS) is 10.0. The van der Waals surface area contributed by atoms with Crippen molar-refractivity contribution in [3.8, 4) is 11.5 Å². The number of carbonyl (C=O) groups is 1. The lowest BCUT2D eigenvalue weighted by Gasteiger charge is -2.12. The first-order valence-electron chi connectivity index (χ1n) is 7.68. The minimum absolute atomic E-state index is 0.133. The minimum atomic E-state index is -0.133. The summed E-state index contributed by atoms with van der Waals surface area (Å²) in [5, 5.41) is 5.36. The number of hydrogen-bond acceptors (Lipinski definition) is 5. The first-order valence-corrected chi connectivity index (χ1v) is 8.97. The van der Waals surface area contributed by atoms with E-state index in [-0.39, 0.29) is 5.91 Å². The molecule has 0 atom stereocenters. The Labute approximate surface area is 156 Å². The molecule has 0 aliphatic carbocycles. The highest BCUT2D eigenvalue weighted by Gasteiger charge is 2.06. The summed E-state index contributed by atoms with van der Waals surface area (Å²) in [6.45, 7) is 0.627. The van der Waals surface area contributed by atoms with Gasteiger partial charge >= 0.3 is 0 Å². The van der Waals surface area contributed by atoms with Crippen LogP contribution in [0.4, 0.5) is 0 Å². The van der Waals surface area contributed by atoms with Crippen LogP contribution in [0.5, 0.6) is 11.5 Å². The van der Waals surface area contributed by atoms with E-state index < -0.39 is 0 Å². The third-order valence-electron chi connectivity index (χ3n) is 3.38. The van der Waals surface area contributed by atoms with Gasteiger partial charge in [0.1, 0.15) is 0 Å². The van der Waals surface area contributed by atoms with E-state index in [1.807, 2.05) is 35.7 Å². The van der Waals surface area contributed by atoms with Gasteiger partial charge in [0.2, 0.25) is 5.91 Å². The van der Waals surface area contributed by atoms with E-state index in [0.29, 0.717) is 29.6 Å². The number of thiocarbonyl (C=S) groups is 1. The smallest absolute Gasteiger partial charge is 0.243 e. The average molecular weight is 380 g/mol. The molecule has 1 aromatic heterocycles. The molecule has 25 heavy (non-hydrogen) atoms. The molecule has 0 saturated carbocycles. The summed E-state index contributed by atoms with van der Waals surface area (Å²) < 4.78 is 10.5. The van der Waals surface area contributed by atoms with Crippen LogP contribution >= 0.6 is 23.6 Å². The van der Waals surface area contributed by atoms with Crippen LogP contribution in [0.3, 0.4) is 0 Å². The standard InChI is InChI=1S/C17H21N3O3S2/c1-22-14-6-5-12(10-15(14)23-2)7-8-18-17(24)20-19-16(21)11-13-4-3-9-25-13/h3-6,9-10H,7-8,11H2,1-2H3,(H,19,21)(H2,18,20,24). The Morgan fingerprint density at radius 3 is 2.64 bits per heavy atom. The molecule has 0 radical (unpaired) electrons. The van der Waals surface area contributed by atoms with Crippen molar-refractivity contribution in [1.82, 2.24) is 16.2 Å². The molecule has 3 N–H and O–H groups in total. The number of thiophene rings is 1. The molecule has 6 nitrogen and oxygen atoms in total. The molecular weight excluding hydrogens is 358 g/mol. The molecule has 1 aromatic carbocycles. The van der Waals surface area contributed by atoms with Crippen LogP contribution in [0.1, 0.15) is 10.4 Å². The Hall–Kier alpha value is -2.32. The van der Waals surface area contributed by atoms with Crippen LogP contribution in [0, 0.1) is 0 Å². The van der Waals surface area contributed by atoms with Gasteiger partial charge in [-0.2, -0.15) is 0 Å². The molecular formula is C17H21N3O3S2. The molecule has 0 aliphatic heterocycles. The monoisotopic (exact) mass is 379 g/mol. The number of nitrogens with one attached hydrogen (secondary N) is 3. The van der Waals surface area contributed by atoms with Crippen molar-refractivity contribution in [3.63, 3.8) is 0 Å². The van der Waals surface area contributed by atoms with Gasteiger partial charge in [0.05, 0.1) is 20.6 Å². The van der Waals surface area contributed by atoms with Crippen molar-refractivity contribution in [2.75, 3.05) is 20.8 Å². The lowest BCUT2D eigenvalue weighted by atomic mass is 10.1. The number of ether oxygens (including phenoxy) is 2. The van der Waals surface area contributed by atoms with Gasteiger partial charge in [-0.25, -0.2) is 0 Å². The van der Waals surface area contributed by atoms with Gasteiger partial charge < -0.3 is 14.8 Å². The van der Waals surface area contributed by atoms with Crippen molar-refractivity contribution in [1.29, 1.82) is 0 Å². The van der Waals surface area contributed by atoms with Gasteiger partial charge in [-0.05, 0) is 47.8 Å². The average Bonchev–Trinajstić information content (AvgIpc) is 3.12. The predicted octanol–water partition coefficient (Wildman–Crippen LogP) is 2.05. The maximum Gasteiger partial charge on any atom is 0.243 e. The zero-order valence-electron chi connectivity index (χ0n) is 14.1. The number of hydrogen-bond donors (Lipinski definition) is 3. The van der Waals surface area contributed by atoms with E-state index in [1.165, 1.54) is 0 Å². The van der Waals surface area contributed by atoms with Crippen molar-refractivity contribution < 1.29 is 14.3 Å². The van der Waals surface area contributed by atoms with Gasteiger partial charge in [-0.3, -0.25) is 15.6 Å². The molecule has 0 spiro atoms. The van der Waals surface area contributed by atoms with E-state index in [9.17, 15) is 4.79 Å². The Kier molecular flexibility index (Phi) is 7.49. The number of carbonyl (C=O) groups excluding carboxylic acids is 1. The van der Waals surface area contributed by atoms with E-state index in [1.54, 1.807) is 25.6 Å². The molecule has 0 fully saturated rings. The largest absolute Gasteiger partial charge is 0.493 e. The summed E-state index contributed by atoms with van der Waals surface area (Å²) >= 11 is 6.69. The van der Waals surface area contributed by atoms with E-state index in [2.05, 4.69) is 16.2 Å². The zero-order valence-corrected chi connectivity index (χ0v) is 15.8. The topological polar surface area (TPSA) is 71.6 Å². The van der Waals surface area contributed by atoms with Crippen LogP contribution in [0.15, 0.2) is 35.7 Å². The lowest BCUT2D eigenvalue weighted by Crippen LogP contribution is -2.47. The summed E-state index contributed by atoms with van der Waals surface area (Å²) in [7, 11) is 3.22. The Balaban J connectivity index is 1.69. The fraction of sp³-hybridized carbons (Fsp3) is 0.294. The molecule has 8 heteroatoms. The maximum atomic E-state index is 11.8. The fourth-order valence-corrected chi connectivity index (χ4v) is 3.00. The molecule has 0 unspecified atom stereocenters. The van der Waals surface area contributed by atoms with Crippen molar-refractivity contribution in [2.24, 2.45) is 0 Å². The predicted molar refractivity (Wildman–Crippen MR) is 103 cm³/mol. The fourth-order valence-electron chi connectivity index (χ4n) is 2.14. The number of benzene rings is 1. The Morgan fingerprint density at radius 1 is 1.16 bits per heavy atom. The zero-order chi connectivity index (χ0) is 18.1. The van der Waals surface area contributed by atoms with Gasteiger partial charge in [0, 0.05) is 11.4 Å². The molecule has 0 saturated heterocycles. The first kappa shape index (κ1) is 19.0. The Morgan fingerprint density at radius 2 is 1.96 bits per heavy atom. The minimum Gasteiger partial charge on any atom is -0.493 e. The van der Waals surface area contributed by atoms with Crippen molar-refractivity contribution in [2.45, 2.75) is 12.8 Å². The van der Waals surface area contributed by atoms with Crippen molar-refractivity contribution >= 4 is 34.6 Å². The second kappa shape index (κ2) is 9.85. The van der Waals surface area contributed by atoms with Gasteiger partial charge in [0.15, 0.2) is 16.6 Å². The quantitative estimate of drug-likeness (QED) is 0.505. The molecule has 2 rings (SSSR count). The highest BCUT2D eigenvalue weighted by atomic mass is 32.1. The Bertz CT molecular complexity index is 705. The first-order chi connectivity index (χ1) is 12.1. The third kappa shape index (κ3) is 6.24. The second-order valence-electron chi connectivity index (χ2n) is 5.12. The molecule has 134 valence electrons. The summed E-state index contributed by atoms with van der Waals surface area (Å²) in [5.41, 5.74) is 6.38. The van der Waals surface area contributed by atoms with E-state index >= 15 is 0 Å². The molecule has 2 aromatic rings. The van der Waals surface area contributed by atoms with E-state index in [4.69, 9.17) is 21.7 Å². The summed E-state index contributed by atoms with van der Waals surface area (Å²) in [5.74, 6) is 1.26. The molecule has 1 heterocycles. The van der Waals surface area contributed by atoms with Crippen LogP contribution in [0.25, 0.3) is 0 Å². The van der Waals surface area contributed by atoms with Gasteiger partial charge in [0.25, 0.3) is 0 Å². The van der Waals surface area contributed by atoms with Crippen LogP contribution in [0.2, 0.25) is 0 Å². The molecule has 0 aliphatic rings. The van der Waals surface area contributed by atoms with Gasteiger partial charge in [-0.15, -0.1) is 11.3 Å². The van der Waals surface area contributed by atoms with Gasteiger partial charge in [-0.1, -0.05) is 12.1 Å². The highest BCUT2D eigenvalue weighted by Crippen LogP contribution is 2.27. The van der Waals surface area contributed by atoms with Crippen LogP contribution in [-0.2, 0) is 17.6 Å². The number of hydrazine groups is 1. The summed E-state index contributed by atoms with van der Waals surface area (Å²) in [6.07, 6.45) is 1.09. The highest BCUT2D eigenvalue weighted by molar-refractivity contribution is 7.80. The maximum absolute atomic E-state index is 11.8. The second-order valence-corrected chi connectivity index (χ2v) is 6.57. The number of rotatable bonds is 7. The van der Waals surface area contributed by atoms with Crippen LogP contribution in [-0.4, -0.2) is 31.8 Å². The summed E-state index contributed by atoms with van der Waals surface area (Å²) in [6, 6.07) is 9.61. The van der Waals surface area contributed by atoms with Crippen LogP contribution < -0.4 is 25.6 Å². The molecule has 0 bridgehead atoms. The number of methoxy groups -OCH3 is 2. The summed E-state index contributed by atoms with van der Waals surface area (Å²) in [4.78, 5) is 12.8. The SMILES string of the molecule is COc1ccc(CCNC(=S)NNC(=O)Cc2cccs2)cc1OC. The number of amides is 1. The van der Waals surface area contributed by atoms with E-state index in [0.717, 1.165) is 16.9 Å².